The maximum atomic E-state index is 12.8. The molecule has 1 unspecified atom stereocenters. The second-order valence-corrected chi connectivity index (χ2v) is 5.38. The number of aromatic hydroxyl groups is 1. The lowest BCUT2D eigenvalue weighted by Crippen LogP contribution is -2.42. The zero-order valence-electron chi connectivity index (χ0n) is 12.0. The number of phenolic OH excluding ortho intramolecular Hbond substituents is 1. The number of amides is 1. The molecule has 0 fully saturated rings. The highest BCUT2D eigenvalue weighted by atomic mass is 16.4. The minimum Gasteiger partial charge on any atom is -0.507 e. The van der Waals surface area contributed by atoms with E-state index in [9.17, 15) is 19.8 Å². The molecule has 1 aliphatic rings. The number of carboxylic acid groups (broad SMARTS) is 1. The highest BCUT2D eigenvalue weighted by Crippen LogP contribution is 2.34. The van der Waals surface area contributed by atoms with E-state index in [2.05, 4.69) is 0 Å². The van der Waals surface area contributed by atoms with E-state index in [0.717, 1.165) is 11.1 Å². The molecule has 1 heterocycles. The third kappa shape index (κ3) is 2.20. The first-order chi connectivity index (χ1) is 10.5. The highest BCUT2D eigenvalue weighted by Gasteiger charge is 2.39. The molecule has 22 heavy (non-hydrogen) atoms. The molecule has 0 radical (unpaired) electrons. The van der Waals surface area contributed by atoms with Crippen molar-refractivity contribution in [1.29, 1.82) is 0 Å². The van der Waals surface area contributed by atoms with Gasteiger partial charge >= 0.3 is 5.97 Å². The SMILES string of the molecule is Cc1ccc(C(=O)N2c3ccccc3CC2C(=O)O)c(O)c1. The summed E-state index contributed by atoms with van der Waals surface area (Å²) in [5.74, 6) is -1.70. The minimum absolute atomic E-state index is 0.105. The second-order valence-electron chi connectivity index (χ2n) is 5.38. The van der Waals surface area contributed by atoms with Crippen molar-refractivity contribution in [3.8, 4) is 5.75 Å². The molecule has 2 N–H and O–H groups in total. The number of carbonyl (C=O) groups is 2. The van der Waals surface area contributed by atoms with Gasteiger partial charge in [0.15, 0.2) is 0 Å². The van der Waals surface area contributed by atoms with Crippen LogP contribution in [0.4, 0.5) is 5.69 Å². The molecule has 1 amide bonds. The summed E-state index contributed by atoms with van der Waals surface area (Å²) in [5, 5.41) is 19.4. The summed E-state index contributed by atoms with van der Waals surface area (Å²) in [6.45, 7) is 1.80. The third-order valence-electron chi connectivity index (χ3n) is 3.86. The Hall–Kier alpha value is -2.82. The number of benzene rings is 2. The van der Waals surface area contributed by atoms with Gasteiger partial charge in [0.1, 0.15) is 11.8 Å². The van der Waals surface area contributed by atoms with Gasteiger partial charge in [-0.3, -0.25) is 9.69 Å². The standard InChI is InChI=1S/C17H15NO4/c1-10-6-7-12(15(19)8-10)16(20)18-13-5-3-2-4-11(13)9-14(18)17(21)22/h2-8,14,19H,9H2,1H3,(H,21,22). The fraction of sp³-hybridized carbons (Fsp3) is 0.176. The van der Waals surface area contributed by atoms with Crippen molar-refractivity contribution in [2.75, 3.05) is 4.90 Å². The molecule has 1 aliphatic heterocycles. The summed E-state index contributed by atoms with van der Waals surface area (Å²) in [6, 6.07) is 10.9. The van der Waals surface area contributed by atoms with Gasteiger partial charge in [-0.25, -0.2) is 4.79 Å². The molecule has 5 heteroatoms. The van der Waals surface area contributed by atoms with Crippen LogP contribution in [0.25, 0.3) is 0 Å². The van der Waals surface area contributed by atoms with Crippen LogP contribution in [0.5, 0.6) is 5.75 Å². The molecule has 1 atom stereocenters. The van der Waals surface area contributed by atoms with Crippen LogP contribution in [0.15, 0.2) is 42.5 Å². The lowest BCUT2D eigenvalue weighted by Gasteiger charge is -2.23. The normalized spacial score (nSPS) is 16.4. The van der Waals surface area contributed by atoms with Crippen molar-refractivity contribution >= 4 is 17.6 Å². The fourth-order valence-corrected chi connectivity index (χ4v) is 2.79. The summed E-state index contributed by atoms with van der Waals surface area (Å²) in [6.07, 6.45) is 0.268. The Labute approximate surface area is 127 Å². The second kappa shape index (κ2) is 5.18. The van der Waals surface area contributed by atoms with Crippen LogP contribution in [-0.2, 0) is 11.2 Å². The lowest BCUT2D eigenvalue weighted by molar-refractivity contribution is -0.138. The number of fused-ring (bicyclic) bond motifs is 1. The fourth-order valence-electron chi connectivity index (χ4n) is 2.79. The van der Waals surface area contributed by atoms with E-state index in [0.29, 0.717) is 5.69 Å². The number of aliphatic carboxylic acids is 1. The summed E-state index contributed by atoms with van der Waals surface area (Å²) < 4.78 is 0. The minimum atomic E-state index is -1.06. The molecule has 0 aromatic heterocycles. The average molecular weight is 297 g/mol. The summed E-state index contributed by atoms with van der Waals surface area (Å²) >= 11 is 0. The molecular weight excluding hydrogens is 282 g/mol. The molecule has 0 spiro atoms. The van der Waals surface area contributed by atoms with Gasteiger partial charge in [0.25, 0.3) is 5.91 Å². The van der Waals surface area contributed by atoms with E-state index in [1.54, 1.807) is 25.1 Å². The first-order valence-corrected chi connectivity index (χ1v) is 6.93. The van der Waals surface area contributed by atoms with Crippen LogP contribution in [-0.4, -0.2) is 28.1 Å². The van der Waals surface area contributed by atoms with Gasteiger partial charge < -0.3 is 10.2 Å². The zero-order valence-corrected chi connectivity index (χ0v) is 12.0. The maximum Gasteiger partial charge on any atom is 0.327 e. The molecule has 2 aromatic carbocycles. The molecule has 0 aliphatic carbocycles. The number of nitrogens with zero attached hydrogens (tertiary/aromatic N) is 1. The number of para-hydroxylation sites is 1. The lowest BCUT2D eigenvalue weighted by atomic mass is 10.1. The van der Waals surface area contributed by atoms with Crippen molar-refractivity contribution in [1.82, 2.24) is 0 Å². The van der Waals surface area contributed by atoms with Crippen LogP contribution in [0, 0.1) is 6.92 Å². The van der Waals surface area contributed by atoms with Crippen molar-refractivity contribution in [3.63, 3.8) is 0 Å². The smallest absolute Gasteiger partial charge is 0.327 e. The molecular formula is C17H15NO4. The average Bonchev–Trinajstić information content (AvgIpc) is 2.86. The summed E-state index contributed by atoms with van der Waals surface area (Å²) in [7, 11) is 0. The molecule has 112 valence electrons. The van der Waals surface area contributed by atoms with Crippen LogP contribution in [0.1, 0.15) is 21.5 Å². The number of hydrogen-bond acceptors (Lipinski definition) is 3. The number of aryl methyl sites for hydroxylation is 1. The van der Waals surface area contributed by atoms with E-state index < -0.39 is 17.9 Å². The number of phenols is 1. The van der Waals surface area contributed by atoms with Crippen LogP contribution in [0.2, 0.25) is 0 Å². The Morgan fingerprint density at radius 3 is 2.59 bits per heavy atom. The molecule has 0 bridgehead atoms. The number of carboxylic acids is 1. The predicted octanol–water partition coefficient (Wildman–Crippen LogP) is 2.36. The maximum absolute atomic E-state index is 12.8. The number of rotatable bonds is 2. The predicted molar refractivity (Wildman–Crippen MR) is 81.2 cm³/mol. The monoisotopic (exact) mass is 297 g/mol. The van der Waals surface area contributed by atoms with E-state index in [1.807, 2.05) is 12.1 Å². The first kappa shape index (κ1) is 14.1. The van der Waals surface area contributed by atoms with Crippen LogP contribution >= 0.6 is 0 Å². The van der Waals surface area contributed by atoms with Crippen molar-refractivity contribution in [2.45, 2.75) is 19.4 Å². The first-order valence-electron chi connectivity index (χ1n) is 6.93. The van der Waals surface area contributed by atoms with E-state index >= 15 is 0 Å². The zero-order chi connectivity index (χ0) is 15.9. The molecule has 3 rings (SSSR count). The topological polar surface area (TPSA) is 77.8 Å². The molecule has 0 saturated carbocycles. The van der Waals surface area contributed by atoms with Crippen molar-refractivity contribution in [3.05, 3.63) is 59.2 Å². The molecule has 5 nitrogen and oxygen atoms in total. The van der Waals surface area contributed by atoms with Crippen molar-refractivity contribution in [2.24, 2.45) is 0 Å². The van der Waals surface area contributed by atoms with Gasteiger partial charge in [-0.05, 0) is 36.2 Å². The molecule has 2 aromatic rings. The molecule has 0 saturated heterocycles. The van der Waals surface area contributed by atoms with Crippen LogP contribution in [0.3, 0.4) is 0 Å². The number of anilines is 1. The number of carbonyl (C=O) groups excluding carboxylic acids is 1. The Bertz CT molecular complexity index is 769. The van der Waals surface area contributed by atoms with E-state index in [-0.39, 0.29) is 17.7 Å². The Morgan fingerprint density at radius 2 is 1.91 bits per heavy atom. The number of hydrogen-bond donors (Lipinski definition) is 2. The quantitative estimate of drug-likeness (QED) is 0.892. The van der Waals surface area contributed by atoms with Gasteiger partial charge in [-0.2, -0.15) is 0 Å². The van der Waals surface area contributed by atoms with Gasteiger partial charge in [0.05, 0.1) is 5.56 Å². The Balaban J connectivity index is 2.07. The van der Waals surface area contributed by atoms with Gasteiger partial charge in [0.2, 0.25) is 0 Å². The Kier molecular flexibility index (Phi) is 3.33. The largest absolute Gasteiger partial charge is 0.507 e. The van der Waals surface area contributed by atoms with Gasteiger partial charge in [-0.1, -0.05) is 24.3 Å². The van der Waals surface area contributed by atoms with Gasteiger partial charge in [-0.15, -0.1) is 0 Å². The third-order valence-corrected chi connectivity index (χ3v) is 3.86. The van der Waals surface area contributed by atoms with E-state index in [4.69, 9.17) is 0 Å². The summed E-state index contributed by atoms with van der Waals surface area (Å²) in [5.41, 5.74) is 2.33. The van der Waals surface area contributed by atoms with Crippen LogP contribution < -0.4 is 4.90 Å². The Morgan fingerprint density at radius 1 is 1.18 bits per heavy atom. The summed E-state index contributed by atoms with van der Waals surface area (Å²) in [4.78, 5) is 25.5. The van der Waals surface area contributed by atoms with E-state index in [1.165, 1.54) is 17.0 Å². The highest BCUT2D eigenvalue weighted by molar-refractivity contribution is 6.12. The van der Waals surface area contributed by atoms with Gasteiger partial charge in [0, 0.05) is 12.1 Å². The van der Waals surface area contributed by atoms with Crippen molar-refractivity contribution < 1.29 is 19.8 Å².